The largest absolute Gasteiger partial charge is 0.504 e. The van der Waals surface area contributed by atoms with Crippen LogP contribution in [0.4, 0.5) is 4.79 Å². The van der Waals surface area contributed by atoms with E-state index in [0.717, 1.165) is 0 Å². The van der Waals surface area contributed by atoms with Crippen molar-refractivity contribution in [1.82, 2.24) is 4.90 Å². The first-order valence-electron chi connectivity index (χ1n) is 11.1. The van der Waals surface area contributed by atoms with Crippen LogP contribution < -0.4 is 9.47 Å². The molecule has 2 aromatic rings. The smallest absolute Gasteiger partial charge is 0.410 e. The van der Waals surface area contributed by atoms with E-state index in [1.54, 1.807) is 43.3 Å². The Morgan fingerprint density at radius 2 is 1.32 bits per heavy atom. The number of aromatic hydroxyl groups is 2. The zero-order chi connectivity index (χ0) is 24.7. The molecule has 34 heavy (non-hydrogen) atoms. The highest BCUT2D eigenvalue weighted by Gasteiger charge is 2.30. The third-order valence-electron chi connectivity index (χ3n) is 5.08. The highest BCUT2D eigenvalue weighted by molar-refractivity contribution is 6.15. The third kappa shape index (κ3) is 5.89. The summed E-state index contributed by atoms with van der Waals surface area (Å²) in [6.07, 6.45) is 2.83. The van der Waals surface area contributed by atoms with Crippen LogP contribution in [0.3, 0.4) is 0 Å². The van der Waals surface area contributed by atoms with Gasteiger partial charge in [0.05, 0.1) is 32.9 Å². The molecule has 180 valence electrons. The van der Waals surface area contributed by atoms with E-state index < -0.39 is 6.09 Å². The second kappa shape index (κ2) is 11.3. The van der Waals surface area contributed by atoms with Crippen LogP contribution in [0.1, 0.15) is 31.9 Å². The lowest BCUT2D eigenvalue weighted by molar-refractivity contribution is -0.113. The minimum Gasteiger partial charge on any atom is -0.504 e. The molecule has 2 aromatic carbocycles. The maximum atomic E-state index is 13.3. The second-order valence-electron chi connectivity index (χ2n) is 7.54. The summed E-state index contributed by atoms with van der Waals surface area (Å²) in [5, 5.41) is 19.9. The number of rotatable bonds is 7. The number of benzene rings is 2. The number of phenolic OH excluding ortho intramolecular Hbond substituents is 2. The molecule has 0 aromatic heterocycles. The van der Waals surface area contributed by atoms with Gasteiger partial charge in [-0.1, -0.05) is 12.1 Å². The van der Waals surface area contributed by atoms with Gasteiger partial charge in [-0.15, -0.1) is 0 Å². The monoisotopic (exact) mass is 467 g/mol. The molecule has 1 fully saturated rings. The molecule has 0 bridgehead atoms. The predicted molar refractivity (Wildman–Crippen MR) is 128 cm³/mol. The van der Waals surface area contributed by atoms with Crippen LogP contribution in [0.2, 0.25) is 0 Å². The first-order chi connectivity index (χ1) is 16.4. The standard InChI is InChI=1S/C26H29NO7/c1-4-32-23-13-17(7-9-21(23)28)11-19-15-27(26(31)34-6-3)16-20(25(19)30)12-18-8-10-22(29)24(14-18)33-5-2/h7-14,28-29H,4-6,15-16H2,1-3H3/b19-11-,20-12-. The molecule has 0 unspecified atom stereocenters. The van der Waals surface area contributed by atoms with Gasteiger partial charge in [-0.25, -0.2) is 4.79 Å². The van der Waals surface area contributed by atoms with Crippen molar-refractivity contribution < 1.29 is 34.0 Å². The lowest BCUT2D eigenvalue weighted by Gasteiger charge is -2.29. The van der Waals surface area contributed by atoms with Crippen LogP contribution in [-0.2, 0) is 9.53 Å². The minimum absolute atomic E-state index is 0.00476. The van der Waals surface area contributed by atoms with Gasteiger partial charge in [-0.3, -0.25) is 9.69 Å². The van der Waals surface area contributed by atoms with E-state index >= 15 is 0 Å². The summed E-state index contributed by atoms with van der Waals surface area (Å²) < 4.78 is 16.0. The van der Waals surface area contributed by atoms with Gasteiger partial charge in [-0.05, 0) is 68.3 Å². The average molecular weight is 468 g/mol. The predicted octanol–water partition coefficient (Wildman–Crippen LogP) is 4.40. The summed E-state index contributed by atoms with van der Waals surface area (Å²) in [5.41, 5.74) is 2.08. The van der Waals surface area contributed by atoms with Gasteiger partial charge in [0.1, 0.15) is 0 Å². The van der Waals surface area contributed by atoms with Crippen LogP contribution in [0.15, 0.2) is 47.5 Å². The first kappa shape index (κ1) is 24.7. The Morgan fingerprint density at radius 3 is 1.74 bits per heavy atom. The number of ether oxygens (including phenoxy) is 3. The topological polar surface area (TPSA) is 106 Å². The Hall–Kier alpha value is -3.94. The van der Waals surface area contributed by atoms with E-state index in [4.69, 9.17) is 14.2 Å². The summed E-state index contributed by atoms with van der Waals surface area (Å²) in [6.45, 7) is 6.48. The lowest BCUT2D eigenvalue weighted by Crippen LogP contribution is -2.41. The molecule has 0 atom stereocenters. The summed E-state index contributed by atoms with van der Waals surface area (Å²) in [4.78, 5) is 27.3. The Labute approximate surface area is 198 Å². The summed E-state index contributed by atoms with van der Waals surface area (Å²) >= 11 is 0. The van der Waals surface area contributed by atoms with Crippen LogP contribution >= 0.6 is 0 Å². The fourth-order valence-electron chi connectivity index (χ4n) is 3.57. The Bertz CT molecular complexity index is 1040. The molecule has 0 saturated carbocycles. The van der Waals surface area contributed by atoms with Crippen LogP contribution in [-0.4, -0.2) is 59.9 Å². The SMILES string of the molecule is CCOC(=O)N1C/C(=C/c2ccc(O)c(OCC)c2)C(=O)/C(=C\c2ccc(O)c(OCC)c2)C1. The normalized spacial score (nSPS) is 16.1. The van der Waals surface area contributed by atoms with Gasteiger partial charge >= 0.3 is 6.09 Å². The van der Waals surface area contributed by atoms with Gasteiger partial charge in [0.25, 0.3) is 0 Å². The van der Waals surface area contributed by atoms with Crippen molar-refractivity contribution in [3.8, 4) is 23.0 Å². The van der Waals surface area contributed by atoms with Crippen molar-refractivity contribution >= 4 is 24.0 Å². The average Bonchev–Trinajstić information content (AvgIpc) is 2.81. The maximum absolute atomic E-state index is 13.3. The van der Waals surface area contributed by atoms with E-state index in [9.17, 15) is 19.8 Å². The minimum atomic E-state index is -0.520. The van der Waals surface area contributed by atoms with Gasteiger partial charge in [0.15, 0.2) is 28.8 Å². The van der Waals surface area contributed by atoms with E-state index in [1.807, 2.05) is 13.8 Å². The molecule has 0 spiro atoms. The van der Waals surface area contributed by atoms with Crippen molar-refractivity contribution in [2.75, 3.05) is 32.9 Å². The molecular weight excluding hydrogens is 438 g/mol. The number of carbonyl (C=O) groups excluding carboxylic acids is 2. The third-order valence-corrected chi connectivity index (χ3v) is 5.08. The molecule has 8 nitrogen and oxygen atoms in total. The number of nitrogens with zero attached hydrogens (tertiary/aromatic N) is 1. The van der Waals surface area contributed by atoms with Gasteiger partial charge < -0.3 is 24.4 Å². The lowest BCUT2D eigenvalue weighted by atomic mass is 9.94. The van der Waals surface area contributed by atoms with Crippen LogP contribution in [0.5, 0.6) is 23.0 Å². The van der Waals surface area contributed by atoms with E-state index in [2.05, 4.69) is 0 Å². The van der Waals surface area contributed by atoms with Gasteiger partial charge in [0, 0.05) is 11.1 Å². The molecule has 1 saturated heterocycles. The number of hydrogen-bond donors (Lipinski definition) is 2. The molecule has 1 aliphatic heterocycles. The molecule has 1 heterocycles. The van der Waals surface area contributed by atoms with E-state index in [1.165, 1.54) is 17.0 Å². The van der Waals surface area contributed by atoms with E-state index in [-0.39, 0.29) is 37.0 Å². The molecule has 1 aliphatic rings. The highest BCUT2D eigenvalue weighted by Crippen LogP contribution is 2.31. The van der Waals surface area contributed by atoms with Crippen molar-refractivity contribution in [2.45, 2.75) is 20.8 Å². The first-order valence-corrected chi connectivity index (χ1v) is 11.1. The number of piperidine rings is 1. The fraction of sp³-hybridized carbons (Fsp3) is 0.308. The molecule has 0 radical (unpaired) electrons. The molecule has 3 rings (SSSR count). The Morgan fingerprint density at radius 1 is 0.853 bits per heavy atom. The number of phenols is 2. The summed E-state index contributed by atoms with van der Waals surface area (Å²) in [5.74, 6) is 0.421. The molecule has 1 amide bonds. The van der Waals surface area contributed by atoms with Crippen molar-refractivity contribution in [2.24, 2.45) is 0 Å². The highest BCUT2D eigenvalue weighted by atomic mass is 16.6. The van der Waals surface area contributed by atoms with Gasteiger partial charge in [0.2, 0.25) is 0 Å². The zero-order valence-electron chi connectivity index (χ0n) is 19.5. The van der Waals surface area contributed by atoms with Gasteiger partial charge in [-0.2, -0.15) is 0 Å². The summed E-state index contributed by atoms with van der Waals surface area (Å²) in [6, 6.07) is 9.60. The van der Waals surface area contributed by atoms with Crippen molar-refractivity contribution in [1.29, 1.82) is 0 Å². The molecule has 2 N–H and O–H groups in total. The molecule has 0 aliphatic carbocycles. The quantitative estimate of drug-likeness (QED) is 0.581. The van der Waals surface area contributed by atoms with E-state index in [0.29, 0.717) is 47.0 Å². The van der Waals surface area contributed by atoms with Crippen molar-refractivity contribution in [3.63, 3.8) is 0 Å². The molecule has 8 heteroatoms. The second-order valence-corrected chi connectivity index (χ2v) is 7.54. The number of Topliss-reactive ketones (excluding diaryl/α,β-unsaturated/α-hetero) is 1. The maximum Gasteiger partial charge on any atom is 0.410 e. The van der Waals surface area contributed by atoms with Crippen molar-refractivity contribution in [3.05, 3.63) is 58.7 Å². The summed E-state index contributed by atoms with van der Waals surface area (Å²) in [7, 11) is 0. The number of hydrogen-bond acceptors (Lipinski definition) is 7. The van der Waals surface area contributed by atoms with Crippen LogP contribution in [0, 0.1) is 0 Å². The number of ketones is 1. The van der Waals surface area contributed by atoms with Crippen LogP contribution in [0.25, 0.3) is 12.2 Å². The number of amides is 1. The molecular formula is C26H29NO7. The number of likely N-dealkylation sites (tertiary alicyclic amines) is 1. The zero-order valence-corrected chi connectivity index (χ0v) is 19.5. The Balaban J connectivity index is 2.01. The fourth-order valence-corrected chi connectivity index (χ4v) is 3.57. The number of carbonyl (C=O) groups is 2. The Kier molecular flexibility index (Phi) is 8.19.